The summed E-state index contributed by atoms with van der Waals surface area (Å²) in [5.74, 6) is 0.362. The van der Waals surface area contributed by atoms with Crippen molar-refractivity contribution in [3.05, 3.63) is 89.5 Å². The van der Waals surface area contributed by atoms with E-state index in [0.717, 1.165) is 16.4 Å². The van der Waals surface area contributed by atoms with Gasteiger partial charge in [0.25, 0.3) is 0 Å². The first-order valence-corrected chi connectivity index (χ1v) is 10.0. The molecule has 0 aliphatic heterocycles. The number of carbonyl (C=O) groups excluding carboxylic acids is 1. The Morgan fingerprint density at radius 2 is 1.38 bits per heavy atom. The lowest BCUT2D eigenvalue weighted by Crippen LogP contribution is -2.22. The number of rotatable bonds is 4. The lowest BCUT2D eigenvalue weighted by atomic mass is 10.1. The summed E-state index contributed by atoms with van der Waals surface area (Å²) in [6.07, 6.45) is 0. The Hall–Kier alpha value is -2.38. The third-order valence-corrected chi connectivity index (χ3v) is 6.42. The lowest BCUT2D eigenvalue weighted by molar-refractivity contribution is 0.0733. The smallest absolute Gasteiger partial charge is 0.344 e. The van der Waals surface area contributed by atoms with Crippen LogP contribution in [0.15, 0.2) is 72.8 Å². The highest BCUT2D eigenvalue weighted by atomic mass is 31.1. The van der Waals surface area contributed by atoms with Gasteiger partial charge in [0.2, 0.25) is 0 Å². The van der Waals surface area contributed by atoms with Gasteiger partial charge in [0.05, 0.1) is 5.56 Å². The molecular weight excluding hydrogens is 338 g/mol. The van der Waals surface area contributed by atoms with Crippen LogP contribution in [0.3, 0.4) is 0 Å². The summed E-state index contributed by atoms with van der Waals surface area (Å²) in [6, 6.07) is 23.9. The molecule has 2 nitrogen and oxygen atoms in total. The molecule has 26 heavy (non-hydrogen) atoms. The van der Waals surface area contributed by atoms with Crippen LogP contribution in [-0.2, 0) is 0 Å². The summed E-state index contributed by atoms with van der Waals surface area (Å²) < 4.78 is 5.76. The first-order valence-electron chi connectivity index (χ1n) is 8.24. The summed E-state index contributed by atoms with van der Waals surface area (Å²) >= 11 is 0. The fourth-order valence-corrected chi connectivity index (χ4v) is 4.57. The van der Waals surface area contributed by atoms with Crippen LogP contribution in [0.25, 0.3) is 0 Å². The highest BCUT2D eigenvalue weighted by Gasteiger charge is 2.19. The van der Waals surface area contributed by atoms with Crippen LogP contribution in [0.1, 0.15) is 21.5 Å². The van der Waals surface area contributed by atoms with Gasteiger partial charge in [0.15, 0.2) is 0 Å². The van der Waals surface area contributed by atoms with Gasteiger partial charge in [-0.3, -0.25) is 0 Å². The van der Waals surface area contributed by atoms with Gasteiger partial charge < -0.3 is 4.74 Å². The average Bonchev–Trinajstić information content (AvgIpc) is 2.65. The summed E-state index contributed by atoms with van der Waals surface area (Å²) in [5, 5.41) is 2.28. The Bertz CT molecular complexity index is 873. The van der Waals surface area contributed by atoms with Gasteiger partial charge in [0, 0.05) is 8.41 Å². The molecule has 0 fully saturated rings. The lowest BCUT2D eigenvalue weighted by Gasteiger charge is -2.17. The molecule has 1 unspecified atom stereocenters. The van der Waals surface area contributed by atoms with Crippen LogP contribution in [0.2, 0.25) is 0 Å². The highest BCUT2D eigenvalue weighted by molar-refractivity contribution is 7.72. The van der Waals surface area contributed by atoms with Crippen LogP contribution in [0.4, 0.5) is 0 Å². The van der Waals surface area contributed by atoms with Crippen molar-refractivity contribution in [3.8, 4) is 5.75 Å². The number of hydrogen-bond donors (Lipinski definition) is 0. The summed E-state index contributed by atoms with van der Waals surface area (Å²) in [6.45, 7) is 6.09. The van der Waals surface area contributed by atoms with Crippen molar-refractivity contribution < 1.29 is 9.53 Å². The minimum Gasteiger partial charge on any atom is -0.422 e. The van der Waals surface area contributed by atoms with Gasteiger partial charge in [-0.15, -0.1) is 0 Å². The molecule has 0 saturated carbocycles. The molecule has 3 aromatic carbocycles. The molecule has 3 rings (SSSR count). The second-order valence-electron chi connectivity index (χ2n) is 6.02. The Balaban J connectivity index is 0.00000243. The largest absolute Gasteiger partial charge is 0.422 e. The topological polar surface area (TPSA) is 26.3 Å². The van der Waals surface area contributed by atoms with Gasteiger partial charge in [-0.2, -0.15) is 0 Å². The van der Waals surface area contributed by atoms with Crippen LogP contribution >= 0.6 is 7.92 Å². The van der Waals surface area contributed by atoms with Gasteiger partial charge >= 0.3 is 5.97 Å². The fraction of sp³-hybridized carbons (Fsp3) is 0.136. The molecule has 4 heteroatoms. The number of benzene rings is 3. The molecule has 0 bridgehead atoms. The maximum Gasteiger partial charge on any atom is 0.344 e. The third kappa shape index (κ3) is 4.23. The van der Waals surface area contributed by atoms with E-state index in [1.807, 2.05) is 74.5 Å². The zero-order valence-electron chi connectivity index (χ0n) is 15.3. The Kier molecular flexibility index (Phi) is 6.77. The molecule has 0 heterocycles. The van der Waals surface area contributed by atoms with E-state index >= 15 is 0 Å². The van der Waals surface area contributed by atoms with E-state index in [4.69, 9.17) is 4.74 Å². The molecule has 0 N–H and O–H groups in total. The quantitative estimate of drug-likeness (QED) is 0.302. The molecule has 0 aromatic heterocycles. The van der Waals surface area contributed by atoms with Crippen molar-refractivity contribution >= 4 is 32.9 Å². The van der Waals surface area contributed by atoms with E-state index in [9.17, 15) is 4.79 Å². The van der Waals surface area contributed by atoms with Crippen molar-refractivity contribution in [1.82, 2.24) is 0 Å². The molecule has 3 radical (unpaired) electrons. The zero-order valence-corrected chi connectivity index (χ0v) is 16.2. The second kappa shape index (κ2) is 8.83. The monoisotopic (exact) mass is 359 g/mol. The number of ether oxygens (including phenoxy) is 1. The summed E-state index contributed by atoms with van der Waals surface area (Å²) in [4.78, 5) is 12.9. The van der Waals surface area contributed by atoms with E-state index in [-0.39, 0.29) is 14.4 Å². The SMILES string of the molecule is Cc1cccc(C)c1OC(=O)c1ccccc1P(C)c1ccccc1.[B]. The van der Waals surface area contributed by atoms with E-state index in [0.29, 0.717) is 11.3 Å². The number of para-hydroxylation sites is 1. The number of aryl methyl sites for hydroxylation is 2. The zero-order chi connectivity index (χ0) is 17.8. The van der Waals surface area contributed by atoms with Crippen LogP contribution < -0.4 is 15.3 Å². The first-order chi connectivity index (χ1) is 12.1. The minimum absolute atomic E-state index is 0. The summed E-state index contributed by atoms with van der Waals surface area (Å²) in [7, 11) is -0.615. The van der Waals surface area contributed by atoms with E-state index in [2.05, 4.69) is 18.8 Å². The van der Waals surface area contributed by atoms with Crippen molar-refractivity contribution in [3.63, 3.8) is 0 Å². The molecule has 0 spiro atoms. The van der Waals surface area contributed by atoms with E-state index < -0.39 is 7.92 Å². The molecule has 3 aromatic rings. The number of hydrogen-bond acceptors (Lipinski definition) is 2. The first kappa shape index (κ1) is 19.9. The van der Waals surface area contributed by atoms with Gasteiger partial charge in [-0.1, -0.05) is 66.7 Å². The Morgan fingerprint density at radius 1 is 0.808 bits per heavy atom. The second-order valence-corrected chi connectivity index (χ2v) is 8.14. The Morgan fingerprint density at radius 3 is 2.04 bits per heavy atom. The van der Waals surface area contributed by atoms with E-state index in [1.165, 1.54) is 5.30 Å². The third-order valence-electron chi connectivity index (χ3n) is 4.23. The average molecular weight is 359 g/mol. The predicted octanol–water partition coefficient (Wildman–Crippen LogP) is 4.20. The molecule has 0 saturated heterocycles. The van der Waals surface area contributed by atoms with Crippen LogP contribution in [0.5, 0.6) is 5.75 Å². The number of carbonyl (C=O) groups is 1. The van der Waals surface area contributed by atoms with Gasteiger partial charge in [0.1, 0.15) is 5.75 Å². The maximum absolute atomic E-state index is 12.9. The van der Waals surface area contributed by atoms with Gasteiger partial charge in [-0.05, 0) is 56.2 Å². The highest BCUT2D eigenvalue weighted by Crippen LogP contribution is 2.31. The van der Waals surface area contributed by atoms with Crippen molar-refractivity contribution in [1.29, 1.82) is 0 Å². The standard InChI is InChI=1S/C22H21O2P.B/c1-16-10-9-11-17(2)21(16)24-22(23)19-14-7-8-15-20(19)25(3)18-12-5-4-6-13-18;/h4-15H,1-3H3;. The fourth-order valence-electron chi connectivity index (χ4n) is 2.84. The predicted molar refractivity (Wildman–Crippen MR) is 112 cm³/mol. The minimum atomic E-state index is -0.615. The van der Waals surface area contributed by atoms with Crippen LogP contribution in [0, 0.1) is 13.8 Å². The normalized spacial score (nSPS) is 11.3. The molecule has 0 amide bonds. The molecule has 0 aliphatic rings. The molecule has 129 valence electrons. The Labute approximate surface area is 158 Å². The molecular formula is C22H21BO2P. The maximum atomic E-state index is 12.9. The number of esters is 1. The van der Waals surface area contributed by atoms with E-state index in [1.54, 1.807) is 0 Å². The molecule has 1 atom stereocenters. The van der Waals surface area contributed by atoms with Crippen molar-refractivity contribution in [2.75, 3.05) is 6.66 Å². The van der Waals surface area contributed by atoms with Crippen LogP contribution in [-0.4, -0.2) is 21.0 Å². The van der Waals surface area contributed by atoms with Gasteiger partial charge in [-0.25, -0.2) is 4.79 Å². The van der Waals surface area contributed by atoms with Crippen molar-refractivity contribution in [2.24, 2.45) is 0 Å². The summed E-state index contributed by atoms with van der Waals surface area (Å²) in [5.41, 5.74) is 2.57. The van der Waals surface area contributed by atoms with Crippen molar-refractivity contribution in [2.45, 2.75) is 13.8 Å². The molecule has 0 aliphatic carbocycles.